The van der Waals surface area contributed by atoms with Crippen molar-refractivity contribution in [3.63, 3.8) is 0 Å². The van der Waals surface area contributed by atoms with Crippen LogP contribution in [-0.4, -0.2) is 12.7 Å². The van der Waals surface area contributed by atoms with Crippen LogP contribution in [0.5, 0.6) is 0 Å². The van der Waals surface area contributed by atoms with Crippen LogP contribution in [0.2, 0.25) is 0 Å². The molecule has 0 aromatic rings. The molecule has 1 heteroatoms. The molecule has 1 saturated heterocycles. The summed E-state index contributed by atoms with van der Waals surface area (Å²) >= 11 is 0. The Labute approximate surface area is 157 Å². The van der Waals surface area contributed by atoms with Crippen LogP contribution >= 0.6 is 0 Å². The minimum absolute atomic E-state index is 0.576. The summed E-state index contributed by atoms with van der Waals surface area (Å²) in [5.74, 6) is 4.44. The highest BCUT2D eigenvalue weighted by Gasteiger charge is 2.31. The zero-order valence-electron chi connectivity index (χ0n) is 16.9. The van der Waals surface area contributed by atoms with Crippen molar-refractivity contribution in [1.82, 2.24) is 0 Å². The van der Waals surface area contributed by atoms with E-state index in [2.05, 4.69) is 26.0 Å². The topological polar surface area (TPSA) is 9.23 Å². The Hall–Kier alpha value is -0.300. The molecular weight excluding hydrogens is 304 g/mol. The average molecular weight is 347 g/mol. The number of allylic oxidation sites excluding steroid dienone is 1. The predicted molar refractivity (Wildman–Crippen MR) is 108 cm³/mol. The second-order valence-electron chi connectivity index (χ2n) is 9.35. The van der Waals surface area contributed by atoms with Gasteiger partial charge in [-0.25, -0.2) is 0 Å². The molecule has 3 fully saturated rings. The number of hydrogen-bond acceptors (Lipinski definition) is 1. The van der Waals surface area contributed by atoms with E-state index in [1.54, 1.807) is 0 Å². The van der Waals surface area contributed by atoms with Crippen LogP contribution in [0.1, 0.15) is 97.3 Å². The Kier molecular flexibility index (Phi) is 7.90. The van der Waals surface area contributed by atoms with E-state index in [1.807, 2.05) is 0 Å². The third kappa shape index (κ3) is 5.84. The Balaban J connectivity index is 1.34. The molecule has 0 radical (unpaired) electrons. The maximum absolute atomic E-state index is 6.35. The standard InChI is InChI=1S/C24H42O/c1-3-5-20-12-15-23(16-13-20)24-17-14-22(18-25-24)11-10-21-8-6-19(4-2)7-9-21/h10-11,19-24H,3-9,12-18H2,1-2H3/b11-10+. The van der Waals surface area contributed by atoms with Gasteiger partial charge in [-0.05, 0) is 75.0 Å². The Morgan fingerprint density at radius 2 is 1.36 bits per heavy atom. The first-order valence-electron chi connectivity index (χ1n) is 11.6. The van der Waals surface area contributed by atoms with Gasteiger partial charge >= 0.3 is 0 Å². The summed E-state index contributed by atoms with van der Waals surface area (Å²) in [5, 5.41) is 0. The van der Waals surface area contributed by atoms with E-state index in [0.717, 1.165) is 30.3 Å². The first-order valence-corrected chi connectivity index (χ1v) is 11.6. The largest absolute Gasteiger partial charge is 0.377 e. The van der Waals surface area contributed by atoms with E-state index < -0.39 is 0 Å². The molecule has 144 valence electrons. The second-order valence-corrected chi connectivity index (χ2v) is 9.35. The van der Waals surface area contributed by atoms with E-state index in [0.29, 0.717) is 12.0 Å². The van der Waals surface area contributed by atoms with Crippen molar-refractivity contribution in [3.8, 4) is 0 Å². The van der Waals surface area contributed by atoms with Crippen LogP contribution in [0.15, 0.2) is 12.2 Å². The first kappa shape index (κ1) is 19.5. The van der Waals surface area contributed by atoms with Crippen LogP contribution in [0.3, 0.4) is 0 Å². The summed E-state index contributed by atoms with van der Waals surface area (Å²) < 4.78 is 6.35. The summed E-state index contributed by atoms with van der Waals surface area (Å²) in [6, 6.07) is 0. The zero-order valence-corrected chi connectivity index (χ0v) is 16.9. The molecule has 0 N–H and O–H groups in total. The van der Waals surface area contributed by atoms with Crippen molar-refractivity contribution in [2.45, 2.75) is 103 Å². The SMILES string of the molecule is CCCC1CCC(C2CCC(/C=C/C3CCC(CC)CC3)CO2)CC1. The fraction of sp³-hybridized carbons (Fsp3) is 0.917. The molecule has 2 aliphatic carbocycles. The molecule has 0 bridgehead atoms. The quantitative estimate of drug-likeness (QED) is 0.463. The molecule has 25 heavy (non-hydrogen) atoms. The zero-order chi connectivity index (χ0) is 17.5. The molecule has 2 saturated carbocycles. The van der Waals surface area contributed by atoms with Crippen LogP contribution < -0.4 is 0 Å². The second kappa shape index (κ2) is 10.1. The van der Waals surface area contributed by atoms with E-state index in [9.17, 15) is 0 Å². The lowest BCUT2D eigenvalue weighted by molar-refractivity contribution is -0.0494. The van der Waals surface area contributed by atoms with Gasteiger partial charge in [-0.3, -0.25) is 0 Å². The normalized spacial score (nSPS) is 40.4. The molecule has 3 rings (SSSR count). The van der Waals surface area contributed by atoms with Gasteiger partial charge in [0.05, 0.1) is 12.7 Å². The Morgan fingerprint density at radius 1 is 0.720 bits per heavy atom. The van der Waals surface area contributed by atoms with Gasteiger partial charge in [0.15, 0.2) is 0 Å². The molecule has 0 aromatic carbocycles. The predicted octanol–water partition coefficient (Wildman–Crippen LogP) is 7.16. The lowest BCUT2D eigenvalue weighted by Crippen LogP contribution is -2.33. The van der Waals surface area contributed by atoms with Crippen molar-refractivity contribution >= 4 is 0 Å². The van der Waals surface area contributed by atoms with E-state index in [-0.39, 0.29) is 0 Å². The summed E-state index contributed by atoms with van der Waals surface area (Å²) in [6.07, 6.45) is 24.0. The lowest BCUT2D eigenvalue weighted by Gasteiger charge is -2.37. The highest BCUT2D eigenvalue weighted by atomic mass is 16.5. The molecule has 1 heterocycles. The number of hydrogen-bond donors (Lipinski definition) is 0. The highest BCUT2D eigenvalue weighted by Crippen LogP contribution is 2.38. The minimum atomic E-state index is 0.576. The third-order valence-corrected chi connectivity index (χ3v) is 7.58. The van der Waals surface area contributed by atoms with Gasteiger partial charge < -0.3 is 4.74 Å². The Morgan fingerprint density at radius 3 is 1.96 bits per heavy atom. The van der Waals surface area contributed by atoms with Crippen molar-refractivity contribution < 1.29 is 4.74 Å². The molecule has 1 nitrogen and oxygen atoms in total. The van der Waals surface area contributed by atoms with Crippen molar-refractivity contribution in [2.24, 2.45) is 29.6 Å². The van der Waals surface area contributed by atoms with Gasteiger partial charge in [-0.15, -0.1) is 0 Å². The molecule has 2 atom stereocenters. The summed E-state index contributed by atoms with van der Waals surface area (Å²) in [7, 11) is 0. The number of ether oxygens (including phenoxy) is 1. The fourth-order valence-corrected chi connectivity index (χ4v) is 5.68. The molecule has 0 amide bonds. The van der Waals surface area contributed by atoms with Crippen molar-refractivity contribution in [1.29, 1.82) is 0 Å². The Bertz CT molecular complexity index is 377. The summed E-state index contributed by atoms with van der Waals surface area (Å²) in [4.78, 5) is 0. The number of rotatable bonds is 6. The van der Waals surface area contributed by atoms with Crippen molar-refractivity contribution in [2.75, 3.05) is 6.61 Å². The van der Waals surface area contributed by atoms with Crippen LogP contribution in [-0.2, 0) is 4.74 Å². The van der Waals surface area contributed by atoms with E-state index >= 15 is 0 Å². The van der Waals surface area contributed by atoms with Gasteiger partial charge in [0.2, 0.25) is 0 Å². The van der Waals surface area contributed by atoms with Gasteiger partial charge in [-0.1, -0.05) is 58.1 Å². The van der Waals surface area contributed by atoms with E-state index in [4.69, 9.17) is 4.74 Å². The summed E-state index contributed by atoms with van der Waals surface area (Å²) in [5.41, 5.74) is 0. The lowest BCUT2D eigenvalue weighted by atomic mass is 9.76. The van der Waals surface area contributed by atoms with Gasteiger partial charge in [0, 0.05) is 5.92 Å². The highest BCUT2D eigenvalue weighted by molar-refractivity contribution is 4.96. The van der Waals surface area contributed by atoms with Gasteiger partial charge in [-0.2, -0.15) is 0 Å². The van der Waals surface area contributed by atoms with Crippen LogP contribution in [0.25, 0.3) is 0 Å². The van der Waals surface area contributed by atoms with E-state index in [1.165, 1.54) is 83.5 Å². The van der Waals surface area contributed by atoms with Crippen LogP contribution in [0.4, 0.5) is 0 Å². The molecular formula is C24H42O. The first-order chi connectivity index (χ1) is 12.3. The molecule has 2 unspecified atom stereocenters. The third-order valence-electron chi connectivity index (χ3n) is 7.58. The monoisotopic (exact) mass is 346 g/mol. The maximum atomic E-state index is 6.35. The smallest absolute Gasteiger partial charge is 0.0603 e. The van der Waals surface area contributed by atoms with Gasteiger partial charge in [0.25, 0.3) is 0 Å². The maximum Gasteiger partial charge on any atom is 0.0603 e. The molecule has 0 aromatic heterocycles. The summed E-state index contributed by atoms with van der Waals surface area (Å²) in [6.45, 7) is 5.67. The van der Waals surface area contributed by atoms with Crippen LogP contribution in [0, 0.1) is 29.6 Å². The average Bonchev–Trinajstić information content (AvgIpc) is 2.68. The van der Waals surface area contributed by atoms with Crippen molar-refractivity contribution in [3.05, 3.63) is 12.2 Å². The minimum Gasteiger partial charge on any atom is -0.377 e. The fourth-order valence-electron chi connectivity index (χ4n) is 5.68. The molecule has 0 spiro atoms. The van der Waals surface area contributed by atoms with Gasteiger partial charge in [0.1, 0.15) is 0 Å². The molecule has 3 aliphatic rings. The molecule has 1 aliphatic heterocycles.